The van der Waals surface area contributed by atoms with E-state index in [1.54, 1.807) is 25.1 Å². The van der Waals surface area contributed by atoms with Crippen molar-refractivity contribution < 1.29 is 10.2 Å². The molecule has 0 aliphatic rings. The van der Waals surface area contributed by atoms with E-state index in [0.717, 1.165) is 0 Å². The molecule has 19 heavy (non-hydrogen) atoms. The van der Waals surface area contributed by atoms with Gasteiger partial charge in [-0.05, 0) is 19.1 Å². The minimum Gasteiger partial charge on any atom is -0.508 e. The first-order valence-corrected chi connectivity index (χ1v) is 6.19. The number of phenols is 2. The Labute approximate surface area is 120 Å². The summed E-state index contributed by atoms with van der Waals surface area (Å²) >= 11 is 12.1. The van der Waals surface area contributed by atoms with Gasteiger partial charge in [0.05, 0.1) is 16.4 Å². The van der Waals surface area contributed by atoms with Crippen LogP contribution in [0, 0.1) is 6.92 Å². The van der Waals surface area contributed by atoms with Crippen LogP contribution in [0.3, 0.4) is 0 Å². The molecular formula is C13H12Cl2N2O2. The Hall–Kier alpha value is -1.78. The number of nitrogen functional groups attached to an aromatic ring is 1. The zero-order chi connectivity index (χ0) is 14.2. The molecule has 0 bridgehead atoms. The fraction of sp³-hybridized carbons (Fsp3) is 0.0769. The van der Waals surface area contributed by atoms with Crippen molar-refractivity contribution in [3.05, 3.63) is 39.9 Å². The van der Waals surface area contributed by atoms with Crippen LogP contribution >= 0.6 is 23.2 Å². The van der Waals surface area contributed by atoms with E-state index in [1.807, 2.05) is 0 Å². The normalized spacial score (nSPS) is 10.5. The molecule has 5 N–H and O–H groups in total. The molecule has 0 unspecified atom stereocenters. The maximum atomic E-state index is 9.65. The van der Waals surface area contributed by atoms with Crippen molar-refractivity contribution in [1.29, 1.82) is 0 Å². The number of rotatable bonds is 2. The first-order valence-electron chi connectivity index (χ1n) is 5.44. The van der Waals surface area contributed by atoms with Crippen molar-refractivity contribution in [2.24, 2.45) is 0 Å². The maximum absolute atomic E-state index is 9.65. The topological polar surface area (TPSA) is 78.5 Å². The van der Waals surface area contributed by atoms with Gasteiger partial charge in [-0.3, -0.25) is 0 Å². The van der Waals surface area contributed by atoms with Gasteiger partial charge in [-0.25, -0.2) is 0 Å². The van der Waals surface area contributed by atoms with Gasteiger partial charge in [-0.15, -0.1) is 0 Å². The van der Waals surface area contributed by atoms with Gasteiger partial charge in [0.2, 0.25) is 0 Å². The van der Waals surface area contributed by atoms with Crippen LogP contribution < -0.4 is 11.1 Å². The number of aromatic hydroxyl groups is 2. The Morgan fingerprint density at radius 3 is 2.47 bits per heavy atom. The maximum Gasteiger partial charge on any atom is 0.138 e. The van der Waals surface area contributed by atoms with Gasteiger partial charge in [0.25, 0.3) is 0 Å². The van der Waals surface area contributed by atoms with Crippen LogP contribution in [0.15, 0.2) is 24.3 Å². The SMILES string of the molecule is Cc1c(O)cccc1Nc1c(Cl)c(N)cc(O)c1Cl. The quantitative estimate of drug-likeness (QED) is 0.631. The third kappa shape index (κ3) is 2.50. The van der Waals surface area contributed by atoms with Crippen molar-refractivity contribution in [3.8, 4) is 11.5 Å². The molecular weight excluding hydrogens is 287 g/mol. The third-order valence-corrected chi connectivity index (χ3v) is 3.56. The van der Waals surface area contributed by atoms with Gasteiger partial charge in [0.15, 0.2) is 0 Å². The fourth-order valence-electron chi connectivity index (χ4n) is 1.65. The summed E-state index contributed by atoms with van der Waals surface area (Å²) in [7, 11) is 0. The van der Waals surface area contributed by atoms with E-state index in [2.05, 4.69) is 5.32 Å². The Morgan fingerprint density at radius 2 is 1.79 bits per heavy atom. The lowest BCUT2D eigenvalue weighted by Crippen LogP contribution is -1.98. The van der Waals surface area contributed by atoms with Crippen molar-refractivity contribution in [3.63, 3.8) is 0 Å². The Bertz CT molecular complexity index is 619. The Balaban J connectivity index is 2.52. The van der Waals surface area contributed by atoms with E-state index in [1.165, 1.54) is 6.07 Å². The second-order valence-corrected chi connectivity index (χ2v) is 4.82. The molecule has 0 saturated heterocycles. The molecule has 2 aromatic rings. The smallest absolute Gasteiger partial charge is 0.138 e. The molecule has 6 heteroatoms. The van der Waals surface area contributed by atoms with E-state index in [4.69, 9.17) is 28.9 Å². The van der Waals surface area contributed by atoms with Crippen LogP contribution in [0.4, 0.5) is 17.1 Å². The zero-order valence-corrected chi connectivity index (χ0v) is 11.5. The first-order chi connectivity index (χ1) is 8.91. The van der Waals surface area contributed by atoms with E-state index >= 15 is 0 Å². The van der Waals surface area contributed by atoms with Crippen LogP contribution in [-0.2, 0) is 0 Å². The lowest BCUT2D eigenvalue weighted by atomic mass is 10.1. The zero-order valence-electron chi connectivity index (χ0n) is 10.0. The van der Waals surface area contributed by atoms with E-state index < -0.39 is 0 Å². The number of hydrogen-bond acceptors (Lipinski definition) is 4. The predicted octanol–water partition coefficient (Wildman–Crippen LogP) is 4.04. The van der Waals surface area contributed by atoms with Crippen LogP contribution in [0.5, 0.6) is 11.5 Å². The molecule has 0 atom stereocenters. The molecule has 0 amide bonds. The number of phenolic OH excluding ortho intramolecular Hbond substituents is 2. The lowest BCUT2D eigenvalue weighted by molar-refractivity contribution is 0.471. The second kappa shape index (κ2) is 5.07. The largest absolute Gasteiger partial charge is 0.508 e. The van der Waals surface area contributed by atoms with E-state index in [0.29, 0.717) is 16.9 Å². The van der Waals surface area contributed by atoms with E-state index in [9.17, 15) is 10.2 Å². The van der Waals surface area contributed by atoms with E-state index in [-0.39, 0.29) is 27.2 Å². The lowest BCUT2D eigenvalue weighted by Gasteiger charge is -2.15. The highest BCUT2D eigenvalue weighted by molar-refractivity contribution is 6.41. The molecule has 0 saturated carbocycles. The van der Waals surface area contributed by atoms with Crippen LogP contribution in [0.2, 0.25) is 10.0 Å². The summed E-state index contributed by atoms with van der Waals surface area (Å²) in [6, 6.07) is 6.28. The summed E-state index contributed by atoms with van der Waals surface area (Å²) in [4.78, 5) is 0. The average molecular weight is 299 g/mol. The van der Waals surface area contributed by atoms with Crippen LogP contribution in [0.1, 0.15) is 5.56 Å². The van der Waals surface area contributed by atoms with Crippen LogP contribution in [-0.4, -0.2) is 10.2 Å². The number of hydrogen-bond donors (Lipinski definition) is 4. The number of nitrogens with two attached hydrogens (primary N) is 1. The van der Waals surface area contributed by atoms with Crippen LogP contribution in [0.25, 0.3) is 0 Å². The highest BCUT2D eigenvalue weighted by Gasteiger charge is 2.15. The summed E-state index contributed by atoms with van der Waals surface area (Å²) in [5.74, 6) is -0.0192. The molecule has 4 nitrogen and oxygen atoms in total. The summed E-state index contributed by atoms with van der Waals surface area (Å²) in [6.45, 7) is 1.74. The number of anilines is 3. The summed E-state index contributed by atoms with van der Waals surface area (Å²) in [5.41, 5.74) is 7.44. The molecule has 0 radical (unpaired) electrons. The fourth-order valence-corrected chi connectivity index (χ4v) is 2.09. The highest BCUT2D eigenvalue weighted by atomic mass is 35.5. The monoisotopic (exact) mass is 298 g/mol. The molecule has 0 spiro atoms. The van der Waals surface area contributed by atoms with Crippen molar-refractivity contribution in [1.82, 2.24) is 0 Å². The minimum absolute atomic E-state index is 0.0712. The standard InChI is InChI=1S/C13H12Cl2N2O2/c1-6-8(3-2-4-9(6)18)17-13-11(14)7(16)5-10(19)12(13)15/h2-5,17-19H,16H2,1H3. The summed E-state index contributed by atoms with van der Waals surface area (Å²) in [6.07, 6.45) is 0. The molecule has 2 aromatic carbocycles. The van der Waals surface area contributed by atoms with Crippen molar-refractivity contribution in [2.75, 3.05) is 11.1 Å². The van der Waals surface area contributed by atoms with Gasteiger partial charge >= 0.3 is 0 Å². The number of benzene rings is 2. The minimum atomic E-state index is -0.163. The first kappa shape index (κ1) is 13.6. The molecule has 100 valence electrons. The average Bonchev–Trinajstić information content (AvgIpc) is 2.37. The second-order valence-electron chi connectivity index (χ2n) is 4.06. The van der Waals surface area contributed by atoms with Gasteiger partial charge in [0, 0.05) is 17.3 Å². The van der Waals surface area contributed by atoms with Crippen molar-refractivity contribution >= 4 is 40.3 Å². The van der Waals surface area contributed by atoms with Gasteiger partial charge in [0.1, 0.15) is 16.5 Å². The molecule has 0 aromatic heterocycles. The Kier molecular flexibility index (Phi) is 3.64. The summed E-state index contributed by atoms with van der Waals surface area (Å²) < 4.78 is 0. The summed E-state index contributed by atoms with van der Waals surface area (Å²) in [5, 5.41) is 22.5. The van der Waals surface area contributed by atoms with Gasteiger partial charge in [-0.1, -0.05) is 29.3 Å². The van der Waals surface area contributed by atoms with Gasteiger partial charge < -0.3 is 21.3 Å². The molecule has 0 aliphatic heterocycles. The van der Waals surface area contributed by atoms with Crippen molar-refractivity contribution in [2.45, 2.75) is 6.92 Å². The Morgan fingerprint density at radius 1 is 1.11 bits per heavy atom. The number of halogens is 2. The molecule has 0 fully saturated rings. The predicted molar refractivity (Wildman–Crippen MR) is 78.7 cm³/mol. The highest BCUT2D eigenvalue weighted by Crippen LogP contribution is 2.43. The molecule has 0 aliphatic carbocycles. The molecule has 2 rings (SSSR count). The van der Waals surface area contributed by atoms with Gasteiger partial charge in [-0.2, -0.15) is 0 Å². The number of nitrogens with one attached hydrogen (secondary N) is 1. The molecule has 0 heterocycles. The third-order valence-electron chi connectivity index (χ3n) is 2.77.